The van der Waals surface area contributed by atoms with E-state index in [1.54, 1.807) is 49.4 Å². The first kappa shape index (κ1) is 34.5. The predicted octanol–water partition coefficient (Wildman–Crippen LogP) is 6.64. The number of halogens is 4. The first-order valence-electron chi connectivity index (χ1n) is 14.4. The second-order valence-corrected chi connectivity index (χ2v) is 12.9. The summed E-state index contributed by atoms with van der Waals surface area (Å²) in [6.45, 7) is 2.88. The fraction of sp³-hybridized carbons (Fsp3) is 0.235. The Morgan fingerprint density at radius 2 is 1.48 bits per heavy atom. The third kappa shape index (κ3) is 8.46. The van der Waals surface area contributed by atoms with Gasteiger partial charge in [-0.05, 0) is 55.3 Å². The number of benzene rings is 4. The van der Waals surface area contributed by atoms with E-state index in [0.717, 1.165) is 23.3 Å². The Balaban J connectivity index is 1.86. The third-order valence-corrected chi connectivity index (χ3v) is 9.34. The number of nitrogens with zero attached hydrogens (tertiary/aromatic N) is 2. The molecule has 1 atom stereocenters. The van der Waals surface area contributed by atoms with Crippen molar-refractivity contribution in [2.45, 2.75) is 43.9 Å². The zero-order valence-corrected chi connectivity index (χ0v) is 26.7. The van der Waals surface area contributed by atoms with Gasteiger partial charge in [0.2, 0.25) is 11.8 Å². The monoisotopic (exact) mass is 671 g/mol. The van der Waals surface area contributed by atoms with Crippen molar-refractivity contribution in [3.8, 4) is 0 Å². The molecule has 4 aromatic carbocycles. The molecule has 0 aliphatic heterocycles. The van der Waals surface area contributed by atoms with Crippen LogP contribution in [0, 0.1) is 6.92 Å². The van der Waals surface area contributed by atoms with Crippen molar-refractivity contribution < 1.29 is 31.2 Å². The van der Waals surface area contributed by atoms with E-state index in [1.807, 2.05) is 25.1 Å². The summed E-state index contributed by atoms with van der Waals surface area (Å²) in [5.74, 6) is -1.29. The highest BCUT2D eigenvalue weighted by Gasteiger charge is 2.37. The van der Waals surface area contributed by atoms with Gasteiger partial charge >= 0.3 is 6.18 Å². The van der Waals surface area contributed by atoms with Gasteiger partial charge in [-0.25, -0.2) is 8.42 Å². The highest BCUT2D eigenvalue weighted by Crippen LogP contribution is 2.37. The maximum Gasteiger partial charge on any atom is 0.416 e. The lowest BCUT2D eigenvalue weighted by atomic mass is 10.0. The molecule has 0 saturated heterocycles. The van der Waals surface area contributed by atoms with E-state index in [4.69, 9.17) is 11.6 Å². The number of carbonyl (C=O) groups is 2. The number of aryl methyl sites for hydroxylation is 1. The van der Waals surface area contributed by atoms with Crippen molar-refractivity contribution in [2.75, 3.05) is 17.4 Å². The van der Waals surface area contributed by atoms with Crippen LogP contribution in [0.25, 0.3) is 0 Å². The van der Waals surface area contributed by atoms with Crippen LogP contribution in [0.4, 0.5) is 18.9 Å². The summed E-state index contributed by atoms with van der Waals surface area (Å²) in [7, 11) is -4.63. The normalized spacial score (nSPS) is 12.3. The van der Waals surface area contributed by atoms with E-state index in [0.29, 0.717) is 15.9 Å². The molecule has 0 unspecified atom stereocenters. The van der Waals surface area contributed by atoms with E-state index < -0.39 is 51.9 Å². The minimum absolute atomic E-state index is 0.0801. The minimum atomic E-state index is -4.82. The van der Waals surface area contributed by atoms with Gasteiger partial charge in [-0.2, -0.15) is 13.2 Å². The van der Waals surface area contributed by atoms with E-state index >= 15 is 0 Å². The third-order valence-electron chi connectivity index (χ3n) is 7.25. The maximum atomic E-state index is 14.4. The number of sulfonamides is 1. The van der Waals surface area contributed by atoms with Gasteiger partial charge in [-0.3, -0.25) is 13.9 Å². The van der Waals surface area contributed by atoms with Crippen LogP contribution in [0.15, 0.2) is 108 Å². The lowest BCUT2D eigenvalue weighted by molar-refractivity contribution is -0.140. The molecule has 0 aromatic heterocycles. The number of amides is 2. The van der Waals surface area contributed by atoms with E-state index in [9.17, 15) is 31.2 Å². The van der Waals surface area contributed by atoms with Crippen LogP contribution in [0.3, 0.4) is 0 Å². The molecule has 4 rings (SSSR count). The standard InChI is InChI=1S/C34H33ClF3N3O4S/c1-3-39-33(43)31(20-25-10-6-4-7-11-25)40(22-26-16-14-24(2)15-17-26)32(42)23-41(46(44,45)28-12-8-5-9-13-28)30-21-27(34(36,37)38)18-19-29(30)35/h4-19,21,31H,3,20,22-23H2,1-2H3,(H,39,43)/t31-/m1/s1. The molecular weight excluding hydrogens is 639 g/mol. The van der Waals surface area contributed by atoms with Gasteiger partial charge in [-0.1, -0.05) is 90.0 Å². The lowest BCUT2D eigenvalue weighted by Gasteiger charge is -2.34. The molecule has 0 radical (unpaired) electrons. The van der Waals surface area contributed by atoms with Crippen molar-refractivity contribution in [1.29, 1.82) is 0 Å². The SMILES string of the molecule is CCNC(=O)[C@@H](Cc1ccccc1)N(Cc1ccc(C)cc1)C(=O)CN(c1cc(C(F)(F)F)ccc1Cl)S(=O)(=O)c1ccccc1. The fourth-order valence-electron chi connectivity index (χ4n) is 4.85. The number of anilines is 1. The summed E-state index contributed by atoms with van der Waals surface area (Å²) in [6.07, 6.45) is -4.72. The van der Waals surface area contributed by atoms with Crippen LogP contribution < -0.4 is 9.62 Å². The van der Waals surface area contributed by atoms with Gasteiger partial charge < -0.3 is 10.2 Å². The first-order valence-corrected chi connectivity index (χ1v) is 16.2. The van der Waals surface area contributed by atoms with Crippen molar-refractivity contribution >= 4 is 39.1 Å². The van der Waals surface area contributed by atoms with Crippen LogP contribution in [0.2, 0.25) is 5.02 Å². The number of alkyl halides is 3. The molecular formula is C34H33ClF3N3O4S. The molecule has 46 heavy (non-hydrogen) atoms. The molecule has 2 amide bonds. The molecule has 242 valence electrons. The van der Waals surface area contributed by atoms with Gasteiger partial charge in [0.15, 0.2) is 0 Å². The Labute approximate surface area is 271 Å². The van der Waals surface area contributed by atoms with E-state index in [2.05, 4.69) is 5.32 Å². The molecule has 12 heteroatoms. The first-order chi connectivity index (χ1) is 21.8. The lowest BCUT2D eigenvalue weighted by Crippen LogP contribution is -2.53. The summed E-state index contributed by atoms with van der Waals surface area (Å²) in [5, 5.41) is 2.45. The topological polar surface area (TPSA) is 86.8 Å². The second kappa shape index (κ2) is 14.8. The number of nitrogens with one attached hydrogen (secondary N) is 1. The Morgan fingerprint density at radius 3 is 2.07 bits per heavy atom. The summed E-state index contributed by atoms with van der Waals surface area (Å²) < 4.78 is 70.0. The number of rotatable bonds is 12. The molecule has 0 fully saturated rings. The van der Waals surface area contributed by atoms with E-state index in [-0.39, 0.29) is 29.4 Å². The van der Waals surface area contributed by atoms with Crippen LogP contribution in [-0.4, -0.2) is 44.3 Å². The van der Waals surface area contributed by atoms with E-state index in [1.165, 1.54) is 29.2 Å². The van der Waals surface area contributed by atoms with Gasteiger partial charge in [0.05, 0.1) is 21.2 Å². The quantitative estimate of drug-likeness (QED) is 0.183. The highest BCUT2D eigenvalue weighted by atomic mass is 35.5. The zero-order chi connectivity index (χ0) is 33.5. The van der Waals surface area contributed by atoms with Crippen LogP contribution >= 0.6 is 11.6 Å². The average molecular weight is 672 g/mol. The smallest absolute Gasteiger partial charge is 0.355 e. The summed E-state index contributed by atoms with van der Waals surface area (Å²) in [6, 6.07) is 24.5. The van der Waals surface area contributed by atoms with Gasteiger partial charge in [0.1, 0.15) is 12.6 Å². The Hall–Kier alpha value is -4.35. The van der Waals surface area contributed by atoms with Crippen molar-refractivity contribution in [2.24, 2.45) is 0 Å². The minimum Gasteiger partial charge on any atom is -0.355 e. The summed E-state index contributed by atoms with van der Waals surface area (Å²) in [5.41, 5.74) is 0.700. The number of carbonyl (C=O) groups excluding carboxylic acids is 2. The molecule has 0 heterocycles. The zero-order valence-electron chi connectivity index (χ0n) is 25.2. The molecule has 0 aliphatic carbocycles. The molecule has 0 bridgehead atoms. The number of hydrogen-bond acceptors (Lipinski definition) is 4. The van der Waals surface area contributed by atoms with Gasteiger partial charge in [0.25, 0.3) is 10.0 Å². The fourth-order valence-corrected chi connectivity index (χ4v) is 6.56. The second-order valence-electron chi connectivity index (χ2n) is 10.6. The largest absolute Gasteiger partial charge is 0.416 e. The molecule has 4 aromatic rings. The number of hydrogen-bond donors (Lipinski definition) is 1. The molecule has 7 nitrogen and oxygen atoms in total. The Bertz CT molecular complexity index is 1750. The van der Waals surface area contributed by atoms with Crippen LogP contribution in [0.1, 0.15) is 29.2 Å². The van der Waals surface area contributed by atoms with Crippen molar-refractivity contribution in [3.05, 3.63) is 130 Å². The van der Waals surface area contributed by atoms with Crippen LogP contribution in [-0.2, 0) is 38.8 Å². The van der Waals surface area contributed by atoms with Gasteiger partial charge in [-0.15, -0.1) is 0 Å². The molecule has 1 N–H and O–H groups in total. The number of likely N-dealkylation sites (N-methyl/N-ethyl adjacent to an activating group) is 1. The maximum absolute atomic E-state index is 14.4. The van der Waals surface area contributed by atoms with Crippen LogP contribution in [0.5, 0.6) is 0 Å². The summed E-state index contributed by atoms with van der Waals surface area (Å²) >= 11 is 6.34. The Kier molecular flexibility index (Phi) is 11.1. The molecule has 0 saturated carbocycles. The van der Waals surface area contributed by atoms with Crippen molar-refractivity contribution in [3.63, 3.8) is 0 Å². The molecule has 0 spiro atoms. The predicted molar refractivity (Wildman–Crippen MR) is 172 cm³/mol. The molecule has 0 aliphatic rings. The Morgan fingerprint density at radius 1 is 0.870 bits per heavy atom. The summed E-state index contributed by atoms with van der Waals surface area (Å²) in [4.78, 5) is 28.9. The van der Waals surface area contributed by atoms with Gasteiger partial charge in [0, 0.05) is 19.5 Å². The van der Waals surface area contributed by atoms with Crippen molar-refractivity contribution in [1.82, 2.24) is 10.2 Å². The highest BCUT2D eigenvalue weighted by molar-refractivity contribution is 7.92. The average Bonchev–Trinajstić information content (AvgIpc) is 3.03.